The van der Waals surface area contributed by atoms with E-state index < -0.39 is 0 Å². The fourth-order valence-electron chi connectivity index (χ4n) is 1.89. The Morgan fingerprint density at radius 3 is 2.47 bits per heavy atom. The van der Waals surface area contributed by atoms with Crippen molar-refractivity contribution >= 4 is 0 Å². The molecule has 0 saturated carbocycles. The highest BCUT2D eigenvalue weighted by atomic mass is 15.1. The van der Waals surface area contributed by atoms with Gasteiger partial charge in [-0.2, -0.15) is 0 Å². The molecule has 0 fully saturated rings. The number of hydrogen-bond acceptors (Lipinski definition) is 4. The molecule has 0 aliphatic heterocycles. The molecule has 4 heteroatoms. The van der Waals surface area contributed by atoms with Gasteiger partial charge in [0.05, 0.1) is 0 Å². The van der Waals surface area contributed by atoms with E-state index in [1.165, 1.54) is 0 Å². The van der Waals surface area contributed by atoms with E-state index in [9.17, 15) is 0 Å². The Balaban J connectivity index is 2.64. The average molecular weight is 236 g/mol. The van der Waals surface area contributed by atoms with Crippen molar-refractivity contribution in [2.75, 3.05) is 19.6 Å². The van der Waals surface area contributed by atoms with Crippen LogP contribution < -0.4 is 5.73 Å². The maximum absolute atomic E-state index is 5.84. The molecule has 1 aromatic rings. The number of aromatic nitrogens is 2. The van der Waals surface area contributed by atoms with E-state index in [0.29, 0.717) is 0 Å². The Hall–Kier alpha value is -1.00. The molecule has 1 aromatic heterocycles. The zero-order chi connectivity index (χ0) is 12.8. The maximum Gasteiger partial charge on any atom is 0.129 e. The number of nitrogens with two attached hydrogens (primary N) is 1. The minimum Gasteiger partial charge on any atom is -0.324 e. The van der Waals surface area contributed by atoms with E-state index in [-0.39, 0.29) is 6.04 Å². The molecule has 1 heterocycles. The second-order valence-electron chi connectivity index (χ2n) is 4.39. The van der Waals surface area contributed by atoms with Crippen LogP contribution in [0.25, 0.3) is 0 Å². The summed E-state index contributed by atoms with van der Waals surface area (Å²) in [5, 5.41) is 0. The Morgan fingerprint density at radius 2 is 2.00 bits per heavy atom. The molecular weight excluding hydrogens is 212 g/mol. The van der Waals surface area contributed by atoms with E-state index in [0.717, 1.165) is 43.1 Å². The second kappa shape index (κ2) is 6.67. The quantitative estimate of drug-likeness (QED) is 0.816. The minimum atomic E-state index is 0.00633. The first-order chi connectivity index (χ1) is 8.08. The first-order valence-electron chi connectivity index (χ1n) is 6.38. The molecule has 4 nitrogen and oxygen atoms in total. The summed E-state index contributed by atoms with van der Waals surface area (Å²) in [7, 11) is 0. The van der Waals surface area contributed by atoms with Gasteiger partial charge in [0.1, 0.15) is 5.82 Å². The van der Waals surface area contributed by atoms with Gasteiger partial charge < -0.3 is 10.6 Å². The van der Waals surface area contributed by atoms with Crippen molar-refractivity contribution in [3.05, 3.63) is 23.3 Å². The highest BCUT2D eigenvalue weighted by molar-refractivity contribution is 5.19. The van der Waals surface area contributed by atoms with Gasteiger partial charge in [0.25, 0.3) is 0 Å². The van der Waals surface area contributed by atoms with Crippen molar-refractivity contribution in [1.82, 2.24) is 14.9 Å². The highest BCUT2D eigenvalue weighted by Crippen LogP contribution is 2.12. The predicted octanol–water partition coefficient (Wildman–Crippen LogP) is 1.69. The number of rotatable bonds is 6. The van der Waals surface area contributed by atoms with Gasteiger partial charge >= 0.3 is 0 Å². The van der Waals surface area contributed by atoms with Crippen molar-refractivity contribution in [3.8, 4) is 0 Å². The monoisotopic (exact) mass is 236 g/mol. The number of likely N-dealkylation sites (N-methyl/N-ethyl adjacent to an activating group) is 1. The van der Waals surface area contributed by atoms with E-state index in [1.54, 1.807) is 0 Å². The van der Waals surface area contributed by atoms with Crippen LogP contribution >= 0.6 is 0 Å². The fraction of sp³-hybridized carbons (Fsp3) is 0.692. The van der Waals surface area contributed by atoms with Gasteiger partial charge in [-0.15, -0.1) is 0 Å². The predicted molar refractivity (Wildman–Crippen MR) is 70.9 cm³/mol. The summed E-state index contributed by atoms with van der Waals surface area (Å²) >= 11 is 0. The standard InChI is InChI=1S/C13H24N4/c1-5-17(6-2)8-7-13-15-9-12(10(3)14)11(4)16-13/h9-10H,5-8,14H2,1-4H3/t10-/m0/s1. The molecule has 0 aromatic carbocycles. The zero-order valence-corrected chi connectivity index (χ0v) is 11.4. The van der Waals surface area contributed by atoms with Crippen molar-refractivity contribution in [1.29, 1.82) is 0 Å². The minimum absolute atomic E-state index is 0.00633. The number of nitrogens with zero attached hydrogens (tertiary/aromatic N) is 3. The van der Waals surface area contributed by atoms with Crippen LogP contribution in [0.3, 0.4) is 0 Å². The zero-order valence-electron chi connectivity index (χ0n) is 11.4. The summed E-state index contributed by atoms with van der Waals surface area (Å²) in [5.41, 5.74) is 7.88. The molecule has 2 N–H and O–H groups in total. The van der Waals surface area contributed by atoms with Crippen molar-refractivity contribution in [2.45, 2.75) is 40.2 Å². The first-order valence-corrected chi connectivity index (χ1v) is 6.38. The molecule has 0 aliphatic carbocycles. The van der Waals surface area contributed by atoms with Crippen LogP contribution in [0.1, 0.15) is 43.9 Å². The molecule has 0 amide bonds. The lowest BCUT2D eigenvalue weighted by molar-refractivity contribution is 0.305. The summed E-state index contributed by atoms with van der Waals surface area (Å²) in [5.74, 6) is 0.916. The van der Waals surface area contributed by atoms with Crippen molar-refractivity contribution in [3.63, 3.8) is 0 Å². The average Bonchev–Trinajstić information content (AvgIpc) is 2.30. The molecule has 0 saturated heterocycles. The largest absolute Gasteiger partial charge is 0.324 e. The molecule has 17 heavy (non-hydrogen) atoms. The lowest BCUT2D eigenvalue weighted by Crippen LogP contribution is -2.26. The Bertz CT molecular complexity index is 345. The smallest absolute Gasteiger partial charge is 0.129 e. The molecule has 0 bridgehead atoms. The summed E-state index contributed by atoms with van der Waals surface area (Å²) < 4.78 is 0. The van der Waals surface area contributed by atoms with Crippen LogP contribution in [0.4, 0.5) is 0 Å². The van der Waals surface area contributed by atoms with Gasteiger partial charge in [-0.05, 0) is 26.9 Å². The van der Waals surface area contributed by atoms with Gasteiger partial charge in [0, 0.05) is 36.5 Å². The fourth-order valence-corrected chi connectivity index (χ4v) is 1.89. The topological polar surface area (TPSA) is 55.0 Å². The highest BCUT2D eigenvalue weighted by Gasteiger charge is 2.08. The van der Waals surface area contributed by atoms with Crippen LogP contribution in [0.2, 0.25) is 0 Å². The Labute approximate surface area is 104 Å². The van der Waals surface area contributed by atoms with E-state index >= 15 is 0 Å². The Morgan fingerprint density at radius 1 is 1.35 bits per heavy atom. The van der Waals surface area contributed by atoms with E-state index in [2.05, 4.69) is 28.7 Å². The van der Waals surface area contributed by atoms with Crippen LogP contribution in [0.5, 0.6) is 0 Å². The molecule has 0 aliphatic rings. The third kappa shape index (κ3) is 4.06. The van der Waals surface area contributed by atoms with Gasteiger partial charge in [-0.25, -0.2) is 9.97 Å². The third-order valence-electron chi connectivity index (χ3n) is 3.10. The van der Waals surface area contributed by atoms with Crippen molar-refractivity contribution in [2.24, 2.45) is 5.73 Å². The van der Waals surface area contributed by atoms with Crippen molar-refractivity contribution < 1.29 is 0 Å². The summed E-state index contributed by atoms with van der Waals surface area (Å²) in [4.78, 5) is 11.3. The normalized spacial score (nSPS) is 13.1. The SMILES string of the molecule is CCN(CC)CCc1ncc([C@H](C)N)c(C)n1. The van der Waals surface area contributed by atoms with Gasteiger partial charge in [-0.3, -0.25) is 0 Å². The van der Waals surface area contributed by atoms with Crippen LogP contribution in [-0.2, 0) is 6.42 Å². The number of hydrogen-bond donors (Lipinski definition) is 1. The van der Waals surface area contributed by atoms with Crippen LogP contribution in [0.15, 0.2) is 6.20 Å². The summed E-state index contributed by atoms with van der Waals surface area (Å²) in [6, 6.07) is 0.00633. The molecule has 0 radical (unpaired) electrons. The van der Waals surface area contributed by atoms with E-state index in [4.69, 9.17) is 5.73 Å². The molecule has 0 spiro atoms. The lowest BCUT2D eigenvalue weighted by atomic mass is 10.1. The number of aryl methyl sites for hydroxylation is 1. The third-order valence-corrected chi connectivity index (χ3v) is 3.10. The molecular formula is C13H24N4. The molecule has 1 rings (SSSR count). The van der Waals surface area contributed by atoms with Gasteiger partial charge in [-0.1, -0.05) is 13.8 Å². The Kier molecular flexibility index (Phi) is 5.51. The second-order valence-corrected chi connectivity index (χ2v) is 4.39. The van der Waals surface area contributed by atoms with Crippen LogP contribution in [-0.4, -0.2) is 34.5 Å². The molecule has 0 unspecified atom stereocenters. The molecule has 1 atom stereocenters. The summed E-state index contributed by atoms with van der Waals surface area (Å²) in [6.07, 6.45) is 2.77. The van der Waals surface area contributed by atoms with Gasteiger partial charge in [0.15, 0.2) is 0 Å². The summed E-state index contributed by atoms with van der Waals surface area (Å²) in [6.45, 7) is 11.5. The first kappa shape index (κ1) is 14.1. The maximum atomic E-state index is 5.84. The molecule has 96 valence electrons. The van der Waals surface area contributed by atoms with Gasteiger partial charge in [0.2, 0.25) is 0 Å². The van der Waals surface area contributed by atoms with E-state index in [1.807, 2.05) is 20.0 Å². The lowest BCUT2D eigenvalue weighted by Gasteiger charge is -2.17. The van der Waals surface area contributed by atoms with Crippen LogP contribution in [0, 0.1) is 6.92 Å².